The molecule has 1 heterocycles. The van der Waals surface area contributed by atoms with Crippen LogP contribution in [0.15, 0.2) is 22.7 Å². The topological polar surface area (TPSA) is 85.0 Å². The van der Waals surface area contributed by atoms with E-state index < -0.39 is 12.1 Å². The van der Waals surface area contributed by atoms with Crippen molar-refractivity contribution in [3.8, 4) is 17.5 Å². The molecule has 0 N–H and O–H groups in total. The minimum Gasteiger partial charge on any atom is -0.403 e. The Balaban J connectivity index is 0.00000105. The predicted molar refractivity (Wildman–Crippen MR) is 86.4 cm³/mol. The smallest absolute Gasteiger partial charge is 0.403 e. The standard InChI is InChI=1S/C15H13BrF3N3O.CO2/c1-3-10-12(8-20)22(14(4-2)21-10)11-6-5-9(16)7-13(11)23-15(17,18)19;2-1-3/h5-7H,3-4H2,1-2H3;. The number of aryl methyl sites for hydroxylation is 2. The van der Waals surface area contributed by atoms with Crippen molar-refractivity contribution in [3.05, 3.63) is 39.9 Å². The number of imidazole rings is 1. The van der Waals surface area contributed by atoms with E-state index in [0.29, 0.717) is 28.8 Å². The summed E-state index contributed by atoms with van der Waals surface area (Å²) in [6, 6.07) is 6.29. The van der Waals surface area contributed by atoms with Gasteiger partial charge in [-0.1, -0.05) is 29.8 Å². The van der Waals surface area contributed by atoms with Crippen LogP contribution in [-0.2, 0) is 22.4 Å². The molecule has 0 aliphatic rings. The first-order valence-electron chi connectivity index (χ1n) is 7.27. The highest BCUT2D eigenvalue weighted by Crippen LogP contribution is 2.34. The lowest BCUT2D eigenvalue weighted by atomic mass is 10.2. The highest BCUT2D eigenvalue weighted by atomic mass is 79.9. The molecule has 0 atom stereocenters. The second-order valence-electron chi connectivity index (χ2n) is 4.72. The summed E-state index contributed by atoms with van der Waals surface area (Å²) in [5.41, 5.74) is 0.898. The van der Waals surface area contributed by atoms with Crippen LogP contribution in [0.4, 0.5) is 13.2 Å². The van der Waals surface area contributed by atoms with Crippen LogP contribution in [0.2, 0.25) is 0 Å². The van der Waals surface area contributed by atoms with Gasteiger partial charge in [-0.25, -0.2) is 4.98 Å². The minimum absolute atomic E-state index is 0.131. The van der Waals surface area contributed by atoms with Crippen LogP contribution < -0.4 is 4.74 Å². The van der Waals surface area contributed by atoms with E-state index in [1.54, 1.807) is 6.07 Å². The van der Waals surface area contributed by atoms with E-state index in [9.17, 15) is 18.4 Å². The Morgan fingerprint density at radius 1 is 1.27 bits per heavy atom. The Hall–Kier alpha value is -2.63. The van der Waals surface area contributed by atoms with Gasteiger partial charge in [-0.3, -0.25) is 4.57 Å². The number of alkyl halides is 3. The lowest BCUT2D eigenvalue weighted by Crippen LogP contribution is -2.19. The van der Waals surface area contributed by atoms with Crippen LogP contribution in [-0.4, -0.2) is 22.1 Å². The second kappa shape index (κ2) is 9.17. The highest BCUT2D eigenvalue weighted by Gasteiger charge is 2.33. The van der Waals surface area contributed by atoms with E-state index in [4.69, 9.17) is 9.59 Å². The fourth-order valence-corrected chi connectivity index (χ4v) is 2.59. The average Bonchev–Trinajstić information content (AvgIpc) is 2.92. The Labute approximate surface area is 155 Å². The highest BCUT2D eigenvalue weighted by molar-refractivity contribution is 9.10. The van der Waals surface area contributed by atoms with Crippen LogP contribution >= 0.6 is 15.9 Å². The molecule has 0 bridgehead atoms. The monoisotopic (exact) mass is 431 g/mol. The molecule has 0 fully saturated rings. The van der Waals surface area contributed by atoms with Crippen molar-refractivity contribution in [2.45, 2.75) is 33.1 Å². The molecule has 10 heteroatoms. The third kappa shape index (κ3) is 5.18. The van der Waals surface area contributed by atoms with Crippen molar-refractivity contribution in [2.24, 2.45) is 0 Å². The van der Waals surface area contributed by atoms with Crippen molar-refractivity contribution in [2.75, 3.05) is 0 Å². The molecular formula is C16H13BrF3N3O3. The van der Waals surface area contributed by atoms with E-state index >= 15 is 0 Å². The SMILES string of the molecule is CCc1nc(CC)n(-c2ccc(Br)cc2OC(F)(F)F)c1C#N.O=C=O. The molecule has 0 spiro atoms. The van der Waals surface area contributed by atoms with E-state index in [-0.39, 0.29) is 17.5 Å². The molecule has 0 amide bonds. The van der Waals surface area contributed by atoms with Gasteiger partial charge < -0.3 is 4.74 Å². The minimum atomic E-state index is -4.83. The largest absolute Gasteiger partial charge is 0.573 e. The van der Waals surface area contributed by atoms with Crippen LogP contribution in [0.1, 0.15) is 31.1 Å². The number of nitrogens with zero attached hydrogens (tertiary/aromatic N) is 3. The van der Waals surface area contributed by atoms with Gasteiger partial charge in [-0.05, 0) is 24.6 Å². The maximum Gasteiger partial charge on any atom is 0.573 e. The van der Waals surface area contributed by atoms with Crippen molar-refractivity contribution in [3.63, 3.8) is 0 Å². The van der Waals surface area contributed by atoms with Crippen LogP contribution in [0.3, 0.4) is 0 Å². The second-order valence-corrected chi connectivity index (χ2v) is 5.64. The lowest BCUT2D eigenvalue weighted by molar-refractivity contribution is -0.274. The fourth-order valence-electron chi connectivity index (χ4n) is 2.25. The zero-order chi connectivity index (χ0) is 19.9. The van der Waals surface area contributed by atoms with E-state index in [2.05, 4.69) is 25.7 Å². The van der Waals surface area contributed by atoms with Gasteiger partial charge >= 0.3 is 12.5 Å². The van der Waals surface area contributed by atoms with Crippen LogP contribution in [0.5, 0.6) is 5.75 Å². The van der Waals surface area contributed by atoms with Gasteiger partial charge in [0.15, 0.2) is 5.75 Å². The van der Waals surface area contributed by atoms with Gasteiger partial charge in [-0.15, -0.1) is 13.2 Å². The molecule has 1 aromatic heterocycles. The van der Waals surface area contributed by atoms with E-state index in [1.165, 1.54) is 16.7 Å². The van der Waals surface area contributed by atoms with Gasteiger partial charge in [0.05, 0.1) is 11.4 Å². The Bertz CT molecular complexity index is 851. The summed E-state index contributed by atoms with van der Waals surface area (Å²) in [7, 11) is 0. The number of rotatable bonds is 4. The Morgan fingerprint density at radius 3 is 2.35 bits per heavy atom. The molecule has 2 rings (SSSR count). The number of ether oxygens (including phenoxy) is 1. The number of hydrogen-bond acceptors (Lipinski definition) is 5. The molecule has 26 heavy (non-hydrogen) atoms. The average molecular weight is 432 g/mol. The van der Waals surface area contributed by atoms with Crippen LogP contribution in [0, 0.1) is 11.3 Å². The van der Waals surface area contributed by atoms with Gasteiger partial charge in [0.2, 0.25) is 0 Å². The van der Waals surface area contributed by atoms with E-state index in [1.807, 2.05) is 19.9 Å². The first kappa shape index (κ1) is 21.4. The predicted octanol–water partition coefficient (Wildman–Crippen LogP) is 3.95. The molecule has 1 aromatic carbocycles. The fraction of sp³-hybridized carbons (Fsp3) is 0.312. The maximum absolute atomic E-state index is 12.7. The van der Waals surface area contributed by atoms with Gasteiger partial charge in [0, 0.05) is 10.9 Å². The molecular weight excluding hydrogens is 419 g/mol. The molecule has 0 radical (unpaired) electrons. The van der Waals surface area contributed by atoms with Crippen molar-refractivity contribution in [1.82, 2.24) is 9.55 Å². The third-order valence-electron chi connectivity index (χ3n) is 3.16. The van der Waals surface area contributed by atoms with Gasteiger partial charge in [0.25, 0.3) is 0 Å². The summed E-state index contributed by atoms with van der Waals surface area (Å²) >= 11 is 3.13. The first-order chi connectivity index (χ1) is 12.2. The quantitative estimate of drug-likeness (QED) is 0.731. The molecule has 2 aromatic rings. The summed E-state index contributed by atoms with van der Waals surface area (Å²) in [4.78, 5) is 20.6. The van der Waals surface area contributed by atoms with Crippen molar-refractivity contribution in [1.29, 1.82) is 5.26 Å². The normalized spacial score (nSPS) is 10.3. The van der Waals surface area contributed by atoms with Gasteiger partial charge in [-0.2, -0.15) is 14.9 Å². The van der Waals surface area contributed by atoms with Crippen molar-refractivity contribution >= 4 is 22.1 Å². The molecule has 0 unspecified atom stereocenters. The molecule has 0 aliphatic carbocycles. The molecule has 0 saturated heterocycles. The zero-order valence-electron chi connectivity index (χ0n) is 13.7. The first-order valence-corrected chi connectivity index (χ1v) is 8.07. The number of aromatic nitrogens is 2. The Morgan fingerprint density at radius 2 is 1.88 bits per heavy atom. The number of benzene rings is 1. The zero-order valence-corrected chi connectivity index (χ0v) is 15.3. The van der Waals surface area contributed by atoms with Crippen molar-refractivity contribution < 1.29 is 27.5 Å². The molecule has 6 nitrogen and oxygen atoms in total. The molecule has 0 saturated carbocycles. The Kier molecular flexibility index (Phi) is 7.56. The summed E-state index contributed by atoms with van der Waals surface area (Å²) in [5, 5.41) is 9.40. The third-order valence-corrected chi connectivity index (χ3v) is 3.66. The van der Waals surface area contributed by atoms with E-state index in [0.717, 1.165) is 0 Å². The number of carbonyl (C=O) groups excluding carboxylic acids is 2. The molecule has 138 valence electrons. The number of hydrogen-bond donors (Lipinski definition) is 0. The van der Waals surface area contributed by atoms with Gasteiger partial charge in [0.1, 0.15) is 17.6 Å². The van der Waals surface area contributed by atoms with Crippen LogP contribution in [0.25, 0.3) is 5.69 Å². The maximum atomic E-state index is 12.7. The number of halogens is 4. The summed E-state index contributed by atoms with van der Waals surface area (Å²) < 4.78 is 44.0. The summed E-state index contributed by atoms with van der Waals surface area (Å²) in [6.07, 6.45) is -3.60. The number of nitriles is 1. The summed E-state index contributed by atoms with van der Waals surface area (Å²) in [6.45, 7) is 3.66. The summed E-state index contributed by atoms with van der Waals surface area (Å²) in [5.74, 6) is 0.117. The molecule has 0 aliphatic heterocycles. The lowest BCUT2D eigenvalue weighted by Gasteiger charge is -2.16.